The van der Waals surface area contributed by atoms with Gasteiger partial charge in [0, 0.05) is 18.1 Å². The molecular weight excluding hydrogens is 282 g/mol. The Morgan fingerprint density at radius 1 is 1.32 bits per heavy atom. The molecule has 8 heteroatoms. The van der Waals surface area contributed by atoms with Crippen LogP contribution in [-0.4, -0.2) is 33.1 Å². The third-order valence-corrected chi connectivity index (χ3v) is 3.74. The van der Waals surface area contributed by atoms with Gasteiger partial charge >= 0.3 is 6.01 Å². The third kappa shape index (κ3) is 4.32. The molecule has 0 spiro atoms. The van der Waals surface area contributed by atoms with E-state index in [4.69, 9.17) is 4.74 Å². The molecule has 0 aromatic carbocycles. The maximum Gasteiger partial charge on any atom is 0.322 e. The third-order valence-electron chi connectivity index (χ3n) is 1.99. The number of hydrogen-bond donors (Lipinski definition) is 1. The summed E-state index contributed by atoms with van der Waals surface area (Å²) in [6, 6.07) is 0.343. The number of ether oxygens (including phenoxy) is 1. The van der Waals surface area contributed by atoms with Gasteiger partial charge in [-0.05, 0) is 25.1 Å². The number of hydrogen-bond acceptors (Lipinski definition) is 8. The van der Waals surface area contributed by atoms with Crippen LogP contribution in [-0.2, 0) is 0 Å². The van der Waals surface area contributed by atoms with Gasteiger partial charge < -0.3 is 10.1 Å². The van der Waals surface area contributed by atoms with E-state index in [-0.39, 0.29) is 0 Å². The van der Waals surface area contributed by atoms with E-state index in [1.807, 2.05) is 12.3 Å². The second-order valence-electron chi connectivity index (χ2n) is 3.48. The Hall–Kier alpha value is -1.41. The fourth-order valence-corrected chi connectivity index (χ4v) is 2.70. The fraction of sp³-hybridized carbons (Fsp3) is 0.455. The Balaban J connectivity index is 2.17. The van der Waals surface area contributed by atoms with Gasteiger partial charge in [-0.15, -0.1) is 11.3 Å². The van der Waals surface area contributed by atoms with E-state index in [1.54, 1.807) is 17.5 Å². The Morgan fingerprint density at radius 2 is 2.21 bits per heavy atom. The number of anilines is 1. The molecule has 2 aromatic rings. The highest BCUT2D eigenvalue weighted by Gasteiger charge is 2.09. The minimum Gasteiger partial charge on any atom is -0.464 e. The van der Waals surface area contributed by atoms with E-state index in [1.165, 1.54) is 11.8 Å². The highest BCUT2D eigenvalue weighted by Crippen LogP contribution is 2.27. The molecular formula is C11H15N5OS2. The standard InChI is InChI=1S/C11H15N5OS2/c1-3-5-12-8-14-9(17-4-2)16-10(15-8)19-11-13-6-7-18-11/h6-7H,3-5H2,1-2H3,(H,12,14,15,16). The van der Waals surface area contributed by atoms with Gasteiger partial charge in [0.05, 0.1) is 6.61 Å². The van der Waals surface area contributed by atoms with Crippen molar-refractivity contribution < 1.29 is 4.74 Å². The van der Waals surface area contributed by atoms with Crippen LogP contribution in [0.1, 0.15) is 20.3 Å². The van der Waals surface area contributed by atoms with Crippen LogP contribution in [0, 0.1) is 0 Å². The summed E-state index contributed by atoms with van der Waals surface area (Å²) < 4.78 is 6.25. The summed E-state index contributed by atoms with van der Waals surface area (Å²) in [7, 11) is 0. The van der Waals surface area contributed by atoms with Crippen molar-refractivity contribution in [3.8, 4) is 6.01 Å². The Labute approximate surface area is 120 Å². The lowest BCUT2D eigenvalue weighted by Gasteiger charge is -2.07. The highest BCUT2D eigenvalue weighted by molar-refractivity contribution is 8.00. The van der Waals surface area contributed by atoms with Crippen LogP contribution in [0.15, 0.2) is 21.1 Å². The van der Waals surface area contributed by atoms with Gasteiger partial charge in [-0.3, -0.25) is 0 Å². The van der Waals surface area contributed by atoms with Crippen LogP contribution in [0.25, 0.3) is 0 Å². The molecule has 0 radical (unpaired) electrons. The molecule has 102 valence electrons. The molecule has 0 bridgehead atoms. The lowest BCUT2D eigenvalue weighted by molar-refractivity contribution is 0.308. The SMILES string of the molecule is CCCNc1nc(OCC)nc(Sc2nccs2)n1. The van der Waals surface area contributed by atoms with E-state index in [2.05, 4.69) is 32.2 Å². The minimum absolute atomic E-state index is 0.343. The van der Waals surface area contributed by atoms with Gasteiger partial charge in [0.25, 0.3) is 0 Å². The summed E-state index contributed by atoms with van der Waals surface area (Å²) in [5.74, 6) is 0.541. The molecule has 0 saturated carbocycles. The predicted octanol–water partition coefficient (Wildman–Crippen LogP) is 2.70. The van der Waals surface area contributed by atoms with Crippen molar-refractivity contribution in [1.82, 2.24) is 19.9 Å². The van der Waals surface area contributed by atoms with E-state index in [0.717, 1.165) is 17.3 Å². The molecule has 0 saturated heterocycles. The molecule has 6 nitrogen and oxygen atoms in total. The summed E-state index contributed by atoms with van der Waals surface area (Å²) in [5, 5.41) is 5.65. The van der Waals surface area contributed by atoms with Crippen LogP contribution in [0.4, 0.5) is 5.95 Å². The predicted molar refractivity (Wildman–Crippen MR) is 76.0 cm³/mol. The fourth-order valence-electron chi connectivity index (χ4n) is 1.23. The van der Waals surface area contributed by atoms with Gasteiger partial charge in [-0.2, -0.15) is 15.0 Å². The van der Waals surface area contributed by atoms with E-state index >= 15 is 0 Å². The average Bonchev–Trinajstić information content (AvgIpc) is 2.89. The molecule has 0 aliphatic carbocycles. The zero-order chi connectivity index (χ0) is 13.5. The monoisotopic (exact) mass is 297 g/mol. The van der Waals surface area contributed by atoms with Gasteiger partial charge in [-0.1, -0.05) is 6.92 Å². The Morgan fingerprint density at radius 3 is 2.89 bits per heavy atom. The molecule has 2 heterocycles. The molecule has 0 atom stereocenters. The van der Waals surface area contributed by atoms with Crippen molar-refractivity contribution in [2.45, 2.75) is 29.8 Å². The summed E-state index contributed by atoms with van der Waals surface area (Å²) in [4.78, 5) is 17.0. The summed E-state index contributed by atoms with van der Waals surface area (Å²) in [5.41, 5.74) is 0. The Bertz CT molecular complexity index is 506. The molecule has 2 aromatic heterocycles. The van der Waals surface area contributed by atoms with Crippen LogP contribution in [0.3, 0.4) is 0 Å². The van der Waals surface area contributed by atoms with Gasteiger partial charge in [-0.25, -0.2) is 4.98 Å². The van der Waals surface area contributed by atoms with Crippen molar-refractivity contribution in [2.75, 3.05) is 18.5 Å². The second-order valence-corrected chi connectivity index (χ2v) is 5.59. The largest absolute Gasteiger partial charge is 0.464 e. The first-order valence-corrected chi connectivity index (χ1v) is 7.71. The first-order chi connectivity index (χ1) is 9.31. The van der Waals surface area contributed by atoms with Gasteiger partial charge in [0.2, 0.25) is 11.1 Å². The van der Waals surface area contributed by atoms with E-state index in [0.29, 0.717) is 23.7 Å². The van der Waals surface area contributed by atoms with Crippen LogP contribution < -0.4 is 10.1 Å². The zero-order valence-corrected chi connectivity index (χ0v) is 12.4. The lowest BCUT2D eigenvalue weighted by Crippen LogP contribution is -2.08. The number of thiazole rings is 1. The van der Waals surface area contributed by atoms with Crippen LogP contribution >= 0.6 is 23.1 Å². The smallest absolute Gasteiger partial charge is 0.322 e. The van der Waals surface area contributed by atoms with Crippen molar-refractivity contribution >= 4 is 29.0 Å². The molecule has 19 heavy (non-hydrogen) atoms. The van der Waals surface area contributed by atoms with Crippen LogP contribution in [0.2, 0.25) is 0 Å². The zero-order valence-electron chi connectivity index (χ0n) is 10.8. The van der Waals surface area contributed by atoms with E-state index in [9.17, 15) is 0 Å². The molecule has 2 rings (SSSR count). The van der Waals surface area contributed by atoms with Crippen LogP contribution in [0.5, 0.6) is 6.01 Å². The maximum absolute atomic E-state index is 5.35. The normalized spacial score (nSPS) is 10.4. The number of aromatic nitrogens is 4. The lowest BCUT2D eigenvalue weighted by atomic mass is 10.5. The topological polar surface area (TPSA) is 72.8 Å². The summed E-state index contributed by atoms with van der Waals surface area (Å²) >= 11 is 2.96. The van der Waals surface area contributed by atoms with Crippen molar-refractivity contribution in [1.29, 1.82) is 0 Å². The summed E-state index contributed by atoms with van der Waals surface area (Å²) in [6.07, 6.45) is 2.76. The number of nitrogens with zero attached hydrogens (tertiary/aromatic N) is 4. The Kier molecular flexibility index (Phi) is 5.34. The van der Waals surface area contributed by atoms with Crippen molar-refractivity contribution in [3.63, 3.8) is 0 Å². The van der Waals surface area contributed by atoms with Crippen molar-refractivity contribution in [2.24, 2.45) is 0 Å². The van der Waals surface area contributed by atoms with Crippen molar-refractivity contribution in [3.05, 3.63) is 11.6 Å². The first-order valence-electron chi connectivity index (χ1n) is 6.02. The number of rotatable bonds is 7. The van der Waals surface area contributed by atoms with E-state index < -0.39 is 0 Å². The molecule has 0 unspecified atom stereocenters. The number of nitrogens with one attached hydrogen (secondary N) is 1. The van der Waals surface area contributed by atoms with Gasteiger partial charge in [0.1, 0.15) is 0 Å². The molecule has 0 amide bonds. The quantitative estimate of drug-likeness (QED) is 0.842. The first kappa shape index (κ1) is 14.0. The molecule has 0 aliphatic heterocycles. The molecule has 0 aliphatic rings. The average molecular weight is 297 g/mol. The minimum atomic E-state index is 0.343. The molecule has 1 N–H and O–H groups in total. The van der Waals surface area contributed by atoms with Gasteiger partial charge in [0.15, 0.2) is 4.34 Å². The second kappa shape index (κ2) is 7.25. The molecule has 0 fully saturated rings. The highest BCUT2D eigenvalue weighted by atomic mass is 32.2. The maximum atomic E-state index is 5.35. The summed E-state index contributed by atoms with van der Waals surface area (Å²) in [6.45, 7) is 5.33.